The molecule has 1 fully saturated rings. The van der Waals surface area contributed by atoms with Crippen molar-refractivity contribution >= 4 is 11.8 Å². The number of hydrogen-bond acceptors (Lipinski definition) is 4. The Hall–Kier alpha value is -1.91. The highest BCUT2D eigenvalue weighted by atomic mass is 16.4. The van der Waals surface area contributed by atoms with Crippen molar-refractivity contribution < 1.29 is 14.0 Å². The summed E-state index contributed by atoms with van der Waals surface area (Å²) in [5.74, 6) is -0.384. The van der Waals surface area contributed by atoms with Gasteiger partial charge in [-0.15, -0.1) is 0 Å². The number of amides is 2. The lowest BCUT2D eigenvalue weighted by Crippen LogP contribution is -2.38. The fourth-order valence-electron chi connectivity index (χ4n) is 2.04. The molecule has 0 aromatic carbocycles. The van der Waals surface area contributed by atoms with Crippen LogP contribution in [-0.2, 0) is 11.2 Å². The molecule has 1 aliphatic heterocycles. The van der Waals surface area contributed by atoms with E-state index in [0.717, 1.165) is 18.4 Å². The van der Waals surface area contributed by atoms with E-state index in [0.29, 0.717) is 5.56 Å². The van der Waals surface area contributed by atoms with E-state index in [9.17, 15) is 14.4 Å². The van der Waals surface area contributed by atoms with Crippen LogP contribution in [0.25, 0.3) is 0 Å². The van der Waals surface area contributed by atoms with Gasteiger partial charge in [0, 0.05) is 6.07 Å². The molecule has 1 aromatic heterocycles. The number of imide groups is 1. The Balaban J connectivity index is 2.24. The van der Waals surface area contributed by atoms with Gasteiger partial charge >= 0.3 is 5.63 Å². The second-order valence-electron chi connectivity index (χ2n) is 4.15. The zero-order valence-electron chi connectivity index (χ0n) is 8.41. The van der Waals surface area contributed by atoms with Crippen molar-refractivity contribution in [3.8, 4) is 0 Å². The highest BCUT2D eigenvalue weighted by Crippen LogP contribution is 2.42. The summed E-state index contributed by atoms with van der Waals surface area (Å²) >= 11 is 0. The van der Waals surface area contributed by atoms with Crippen molar-refractivity contribution in [2.75, 3.05) is 0 Å². The Labute approximate surface area is 90.4 Å². The molecule has 82 valence electrons. The van der Waals surface area contributed by atoms with Gasteiger partial charge in [0.25, 0.3) is 5.91 Å². The third kappa shape index (κ3) is 1.36. The van der Waals surface area contributed by atoms with Crippen LogP contribution in [-0.4, -0.2) is 11.8 Å². The first-order chi connectivity index (χ1) is 7.65. The number of carbonyl (C=O) groups is 2. The predicted molar refractivity (Wildman–Crippen MR) is 53.1 cm³/mol. The van der Waals surface area contributed by atoms with E-state index in [4.69, 9.17) is 4.42 Å². The fourth-order valence-corrected chi connectivity index (χ4v) is 2.04. The van der Waals surface area contributed by atoms with Gasteiger partial charge in [0.15, 0.2) is 0 Å². The zero-order chi connectivity index (χ0) is 11.3. The molecule has 0 bridgehead atoms. The largest absolute Gasteiger partial charge is 0.426 e. The van der Waals surface area contributed by atoms with Gasteiger partial charge in [-0.05, 0) is 24.3 Å². The predicted octanol–water partition coefficient (Wildman–Crippen LogP) is 0.330. The molecule has 0 saturated heterocycles. The van der Waals surface area contributed by atoms with E-state index in [1.165, 1.54) is 6.07 Å². The highest BCUT2D eigenvalue weighted by Gasteiger charge is 2.34. The molecular formula is C11H9NO4. The molecule has 5 nitrogen and oxygen atoms in total. The summed E-state index contributed by atoms with van der Waals surface area (Å²) in [5.41, 5.74) is 0.640. The third-order valence-corrected chi connectivity index (χ3v) is 2.88. The minimum atomic E-state index is -0.483. The standard InChI is InChI=1S/C11H9NO4/c13-8-4-7-10(11(15)12-8)6(5-1-2-5)3-9(14)16-7/h3,5H,1-2,4H2,(H,12,13,15). The molecule has 2 heterocycles. The monoisotopic (exact) mass is 219 g/mol. The lowest BCUT2D eigenvalue weighted by Gasteiger charge is -2.16. The van der Waals surface area contributed by atoms with Crippen molar-refractivity contribution in [3.05, 3.63) is 33.4 Å². The van der Waals surface area contributed by atoms with Crippen molar-refractivity contribution in [1.29, 1.82) is 0 Å². The lowest BCUT2D eigenvalue weighted by molar-refractivity contribution is -0.120. The summed E-state index contributed by atoms with van der Waals surface area (Å²) in [4.78, 5) is 34.1. The Bertz CT molecular complexity index is 554. The Morgan fingerprint density at radius 3 is 2.69 bits per heavy atom. The summed E-state index contributed by atoms with van der Waals surface area (Å²) < 4.78 is 4.92. The maximum Gasteiger partial charge on any atom is 0.336 e. The Morgan fingerprint density at radius 1 is 1.25 bits per heavy atom. The smallest absolute Gasteiger partial charge is 0.336 e. The number of hydrogen-bond donors (Lipinski definition) is 1. The molecule has 2 amide bonds. The minimum Gasteiger partial charge on any atom is -0.426 e. The van der Waals surface area contributed by atoms with Crippen LogP contribution < -0.4 is 10.9 Å². The maximum atomic E-state index is 11.7. The van der Waals surface area contributed by atoms with Crippen LogP contribution in [0.3, 0.4) is 0 Å². The van der Waals surface area contributed by atoms with Gasteiger partial charge in [-0.1, -0.05) is 0 Å². The van der Waals surface area contributed by atoms with Crippen molar-refractivity contribution in [2.45, 2.75) is 25.2 Å². The Kier molecular flexibility index (Phi) is 1.77. The first-order valence-corrected chi connectivity index (χ1v) is 5.16. The van der Waals surface area contributed by atoms with Crippen LogP contribution in [0.4, 0.5) is 0 Å². The van der Waals surface area contributed by atoms with Gasteiger partial charge in [0.1, 0.15) is 5.76 Å². The lowest BCUT2D eigenvalue weighted by atomic mass is 9.99. The SMILES string of the molecule is O=C1Cc2oc(=O)cc(C3CC3)c2C(=O)N1. The van der Waals surface area contributed by atoms with E-state index in [-0.39, 0.29) is 18.1 Å². The minimum absolute atomic E-state index is 0.0309. The molecule has 1 N–H and O–H groups in total. The van der Waals surface area contributed by atoms with Crippen molar-refractivity contribution in [3.63, 3.8) is 0 Å². The summed E-state index contributed by atoms with van der Waals surface area (Å²) in [7, 11) is 0. The summed E-state index contributed by atoms with van der Waals surface area (Å²) in [5, 5.41) is 2.24. The molecule has 16 heavy (non-hydrogen) atoms. The molecule has 3 rings (SSSR count). The quantitative estimate of drug-likeness (QED) is 0.690. The second-order valence-corrected chi connectivity index (χ2v) is 4.15. The van der Waals surface area contributed by atoms with E-state index in [1.54, 1.807) is 0 Å². The van der Waals surface area contributed by atoms with Crippen molar-refractivity contribution in [2.24, 2.45) is 0 Å². The maximum absolute atomic E-state index is 11.7. The van der Waals surface area contributed by atoms with E-state index >= 15 is 0 Å². The molecular weight excluding hydrogens is 210 g/mol. The second kappa shape index (κ2) is 3.04. The molecule has 1 saturated carbocycles. The number of fused-ring (bicyclic) bond motifs is 1. The molecule has 2 aliphatic rings. The summed E-state index contributed by atoms with van der Waals surface area (Å²) in [6.45, 7) is 0. The van der Waals surface area contributed by atoms with Crippen LogP contribution in [0.15, 0.2) is 15.3 Å². The number of rotatable bonds is 1. The van der Waals surface area contributed by atoms with Gasteiger partial charge in [-0.25, -0.2) is 4.79 Å². The summed E-state index contributed by atoms with van der Waals surface area (Å²) in [6, 6.07) is 1.37. The zero-order valence-corrected chi connectivity index (χ0v) is 8.41. The number of carbonyl (C=O) groups excluding carboxylic acids is 2. The highest BCUT2D eigenvalue weighted by molar-refractivity contribution is 6.10. The molecule has 0 atom stereocenters. The van der Waals surface area contributed by atoms with Gasteiger partial charge in [-0.3, -0.25) is 14.9 Å². The average Bonchev–Trinajstić information content (AvgIpc) is 2.97. The van der Waals surface area contributed by atoms with Crippen LogP contribution in [0, 0.1) is 0 Å². The third-order valence-electron chi connectivity index (χ3n) is 2.88. The molecule has 1 aromatic rings. The van der Waals surface area contributed by atoms with Crippen LogP contribution >= 0.6 is 0 Å². The molecule has 1 aliphatic carbocycles. The van der Waals surface area contributed by atoms with Gasteiger partial charge in [0.2, 0.25) is 5.91 Å². The summed E-state index contributed by atoms with van der Waals surface area (Å²) in [6.07, 6.45) is 1.94. The Morgan fingerprint density at radius 2 is 2.00 bits per heavy atom. The molecule has 0 unspecified atom stereocenters. The van der Waals surface area contributed by atoms with E-state index < -0.39 is 17.4 Å². The van der Waals surface area contributed by atoms with Gasteiger partial charge in [-0.2, -0.15) is 0 Å². The normalized spacial score (nSPS) is 19.2. The topological polar surface area (TPSA) is 76.4 Å². The van der Waals surface area contributed by atoms with E-state index in [2.05, 4.69) is 5.32 Å². The fraction of sp³-hybridized carbons (Fsp3) is 0.364. The van der Waals surface area contributed by atoms with Gasteiger partial charge in [0.05, 0.1) is 12.0 Å². The van der Waals surface area contributed by atoms with E-state index in [1.807, 2.05) is 0 Å². The average molecular weight is 219 g/mol. The van der Waals surface area contributed by atoms with Gasteiger partial charge < -0.3 is 4.42 Å². The van der Waals surface area contributed by atoms with Crippen LogP contribution in [0.5, 0.6) is 0 Å². The first-order valence-electron chi connectivity index (χ1n) is 5.16. The molecule has 5 heteroatoms. The van der Waals surface area contributed by atoms with Crippen LogP contribution in [0.1, 0.15) is 40.4 Å². The first kappa shape index (κ1) is 9.33. The molecule has 0 radical (unpaired) electrons. The number of nitrogens with one attached hydrogen (secondary N) is 1. The van der Waals surface area contributed by atoms with Crippen LogP contribution in [0.2, 0.25) is 0 Å². The molecule has 0 spiro atoms. The van der Waals surface area contributed by atoms with Crippen molar-refractivity contribution in [1.82, 2.24) is 5.32 Å².